The molecule has 13 heteroatoms. The molecule has 0 fully saturated rings. The molecule has 0 saturated carbocycles. The molecule has 2 aromatic rings. The summed E-state index contributed by atoms with van der Waals surface area (Å²) >= 11 is 0. The van der Waals surface area contributed by atoms with E-state index in [1.807, 2.05) is 49.4 Å². The van der Waals surface area contributed by atoms with Crippen LogP contribution < -0.4 is 22.1 Å². The van der Waals surface area contributed by atoms with Gasteiger partial charge in [0.15, 0.2) is 5.78 Å². The van der Waals surface area contributed by atoms with E-state index >= 15 is 0 Å². The van der Waals surface area contributed by atoms with Gasteiger partial charge in [-0.15, -0.1) is 0 Å². The van der Waals surface area contributed by atoms with Crippen molar-refractivity contribution >= 4 is 29.6 Å². The second kappa shape index (κ2) is 20.4. The molecule has 4 unspecified atom stereocenters. The highest BCUT2D eigenvalue weighted by molar-refractivity contribution is 6.00. The molecule has 4 amide bonds. The number of carbonyl (C=O) groups is 5. The van der Waals surface area contributed by atoms with Crippen molar-refractivity contribution in [3.05, 3.63) is 60.2 Å². The number of aliphatic hydroxyl groups is 2. The van der Waals surface area contributed by atoms with E-state index in [1.54, 1.807) is 26.0 Å². The number of imide groups is 1. The van der Waals surface area contributed by atoms with Gasteiger partial charge in [0.2, 0.25) is 17.7 Å². The van der Waals surface area contributed by atoms with Crippen LogP contribution in [-0.2, 0) is 30.5 Å². The average molecular weight is 684 g/mol. The number of hydrogen-bond donors (Lipinski definition) is 6. The SMILES string of the molecule is CCCCCC(O)C(=O)C(NC(=O)C(N)C(CO)CNC(=O)[C@H](C)N(C(=O)OCc1ccccc1-c1ccccc1)C(=O)[C@H](C)N)C(C)C. The molecule has 0 aliphatic rings. The Morgan fingerprint density at radius 1 is 0.898 bits per heavy atom. The number of rotatable bonds is 19. The van der Waals surface area contributed by atoms with Crippen LogP contribution in [0.1, 0.15) is 65.9 Å². The van der Waals surface area contributed by atoms with Crippen molar-refractivity contribution in [3.63, 3.8) is 0 Å². The lowest BCUT2D eigenvalue weighted by atomic mass is 9.92. The topological polar surface area (TPSA) is 214 Å². The third-order valence-corrected chi connectivity index (χ3v) is 8.31. The Hall–Kier alpha value is -4.17. The standard InChI is InChI=1S/C36H53N5O8/c1-6-7-9-18-29(43)32(44)31(22(2)3)40-34(46)30(38)27(20-42)19-39-33(45)24(5)41(35(47)23(4)37)36(48)49-21-26-16-12-13-17-28(26)25-14-10-8-11-15-25/h8,10-17,22-24,27,29-31,42-43H,6-7,9,18-21,37-38H2,1-5H3,(H,39,45)(H,40,46)/t23-,24-,27?,29?,30?,31?/m0/s1. The fourth-order valence-electron chi connectivity index (χ4n) is 5.18. The van der Waals surface area contributed by atoms with Gasteiger partial charge in [-0.05, 0) is 42.9 Å². The molecular formula is C36H53N5O8. The zero-order valence-electron chi connectivity index (χ0n) is 29.1. The third kappa shape index (κ3) is 12.0. The third-order valence-electron chi connectivity index (χ3n) is 8.31. The first-order chi connectivity index (χ1) is 23.2. The van der Waals surface area contributed by atoms with Gasteiger partial charge in [-0.3, -0.25) is 19.2 Å². The summed E-state index contributed by atoms with van der Waals surface area (Å²) < 4.78 is 5.50. The van der Waals surface area contributed by atoms with Crippen LogP contribution in [0.2, 0.25) is 0 Å². The minimum absolute atomic E-state index is 0.187. The molecule has 8 N–H and O–H groups in total. The quantitative estimate of drug-likeness (QED) is 0.119. The molecule has 2 rings (SSSR count). The zero-order chi connectivity index (χ0) is 36.7. The van der Waals surface area contributed by atoms with Gasteiger partial charge in [0, 0.05) is 19.1 Å². The number of hydrogen-bond acceptors (Lipinski definition) is 10. The number of aliphatic hydroxyl groups excluding tert-OH is 2. The predicted octanol–water partition coefficient (Wildman–Crippen LogP) is 2.26. The number of nitrogens with one attached hydrogen (secondary N) is 2. The summed E-state index contributed by atoms with van der Waals surface area (Å²) in [6, 6.07) is 11.9. The lowest BCUT2D eigenvalue weighted by molar-refractivity contribution is -0.139. The Balaban J connectivity index is 2.09. The maximum Gasteiger partial charge on any atom is 0.417 e. The monoisotopic (exact) mass is 683 g/mol. The Morgan fingerprint density at radius 2 is 1.53 bits per heavy atom. The van der Waals surface area contributed by atoms with Crippen LogP contribution in [0.4, 0.5) is 4.79 Å². The van der Waals surface area contributed by atoms with Crippen LogP contribution in [0, 0.1) is 11.8 Å². The Morgan fingerprint density at radius 3 is 2.12 bits per heavy atom. The van der Waals surface area contributed by atoms with Crippen LogP contribution in [-0.4, -0.2) is 88.1 Å². The molecule has 0 aromatic heterocycles. The van der Waals surface area contributed by atoms with Crippen molar-refractivity contribution < 1.29 is 38.9 Å². The molecular weight excluding hydrogens is 630 g/mol. The average Bonchev–Trinajstić information content (AvgIpc) is 3.09. The number of benzene rings is 2. The van der Waals surface area contributed by atoms with Gasteiger partial charge >= 0.3 is 6.09 Å². The van der Waals surface area contributed by atoms with Gasteiger partial charge in [-0.1, -0.05) is 94.6 Å². The van der Waals surface area contributed by atoms with Crippen molar-refractivity contribution in [1.82, 2.24) is 15.5 Å². The van der Waals surface area contributed by atoms with E-state index in [1.165, 1.54) is 13.8 Å². The molecule has 49 heavy (non-hydrogen) atoms. The van der Waals surface area contributed by atoms with Crippen molar-refractivity contribution in [2.75, 3.05) is 13.2 Å². The van der Waals surface area contributed by atoms with Crippen molar-refractivity contribution in [2.24, 2.45) is 23.3 Å². The predicted molar refractivity (Wildman–Crippen MR) is 186 cm³/mol. The molecule has 2 aromatic carbocycles. The molecule has 0 radical (unpaired) electrons. The lowest BCUT2D eigenvalue weighted by Crippen LogP contribution is -2.58. The number of ketones is 1. The summed E-state index contributed by atoms with van der Waals surface area (Å²) in [5, 5.41) is 25.5. The minimum Gasteiger partial charge on any atom is -0.444 e. The Bertz CT molecular complexity index is 1390. The fraction of sp³-hybridized carbons (Fsp3) is 0.528. The second-order valence-electron chi connectivity index (χ2n) is 12.6. The van der Waals surface area contributed by atoms with Crippen LogP contribution in [0.25, 0.3) is 11.1 Å². The number of Topliss-reactive ketones (excluding diaryl/α,β-unsaturated/α-hetero) is 1. The molecule has 6 atom stereocenters. The number of amides is 4. The number of nitrogens with zero attached hydrogens (tertiary/aromatic N) is 1. The van der Waals surface area contributed by atoms with E-state index in [2.05, 4.69) is 10.6 Å². The van der Waals surface area contributed by atoms with E-state index < -0.39 is 72.4 Å². The zero-order valence-corrected chi connectivity index (χ0v) is 29.1. The Labute approximate surface area is 288 Å². The van der Waals surface area contributed by atoms with Crippen LogP contribution >= 0.6 is 0 Å². The summed E-state index contributed by atoms with van der Waals surface area (Å²) in [5.41, 5.74) is 14.4. The van der Waals surface area contributed by atoms with E-state index in [0.29, 0.717) is 16.9 Å². The van der Waals surface area contributed by atoms with E-state index in [0.717, 1.165) is 24.0 Å². The van der Waals surface area contributed by atoms with E-state index in [4.69, 9.17) is 16.2 Å². The van der Waals surface area contributed by atoms with Crippen molar-refractivity contribution in [2.45, 2.75) is 97.2 Å². The number of unbranched alkanes of at least 4 members (excludes halogenated alkanes) is 2. The Kier molecular flexibility index (Phi) is 17.0. The summed E-state index contributed by atoms with van der Waals surface area (Å²) in [7, 11) is 0. The van der Waals surface area contributed by atoms with Gasteiger partial charge < -0.3 is 37.1 Å². The summed E-state index contributed by atoms with van der Waals surface area (Å²) in [5.74, 6) is -4.25. The number of carbonyl (C=O) groups excluding carboxylic acids is 5. The largest absolute Gasteiger partial charge is 0.444 e. The van der Waals surface area contributed by atoms with Crippen molar-refractivity contribution in [1.29, 1.82) is 0 Å². The van der Waals surface area contributed by atoms with E-state index in [-0.39, 0.29) is 25.5 Å². The van der Waals surface area contributed by atoms with Gasteiger partial charge in [0.1, 0.15) is 18.8 Å². The van der Waals surface area contributed by atoms with Crippen LogP contribution in [0.5, 0.6) is 0 Å². The smallest absolute Gasteiger partial charge is 0.417 e. The van der Waals surface area contributed by atoms with Gasteiger partial charge in [-0.25, -0.2) is 9.69 Å². The van der Waals surface area contributed by atoms with Crippen LogP contribution in [0.15, 0.2) is 54.6 Å². The first kappa shape index (κ1) is 41.0. The molecule has 0 aliphatic heterocycles. The maximum absolute atomic E-state index is 13.3. The number of nitrogens with two attached hydrogens (primary N) is 2. The molecule has 0 aliphatic carbocycles. The molecule has 270 valence electrons. The minimum atomic E-state index is -1.38. The first-order valence-electron chi connectivity index (χ1n) is 16.8. The number of ether oxygens (including phenoxy) is 1. The molecule has 13 nitrogen and oxygen atoms in total. The second-order valence-corrected chi connectivity index (χ2v) is 12.6. The highest BCUT2D eigenvalue weighted by Gasteiger charge is 2.36. The van der Waals surface area contributed by atoms with Gasteiger partial charge in [-0.2, -0.15) is 0 Å². The fourth-order valence-corrected chi connectivity index (χ4v) is 5.18. The maximum atomic E-state index is 13.3. The summed E-state index contributed by atoms with van der Waals surface area (Å²) in [4.78, 5) is 66.1. The van der Waals surface area contributed by atoms with Gasteiger partial charge in [0.05, 0.1) is 18.1 Å². The molecule has 0 heterocycles. The highest BCUT2D eigenvalue weighted by atomic mass is 16.6. The summed E-state index contributed by atoms with van der Waals surface area (Å²) in [6.45, 7) is 7.06. The molecule has 0 bridgehead atoms. The summed E-state index contributed by atoms with van der Waals surface area (Å²) in [6.07, 6.45) is 0.406. The normalized spacial score (nSPS) is 14.9. The highest BCUT2D eigenvalue weighted by Crippen LogP contribution is 2.24. The van der Waals surface area contributed by atoms with E-state index in [9.17, 15) is 34.2 Å². The van der Waals surface area contributed by atoms with Crippen molar-refractivity contribution in [3.8, 4) is 11.1 Å². The molecule has 0 saturated heterocycles. The molecule has 0 spiro atoms. The first-order valence-corrected chi connectivity index (χ1v) is 16.8. The van der Waals surface area contributed by atoms with Gasteiger partial charge in [0.25, 0.3) is 0 Å². The van der Waals surface area contributed by atoms with Crippen LogP contribution in [0.3, 0.4) is 0 Å². The lowest BCUT2D eigenvalue weighted by Gasteiger charge is -2.29.